The Balaban J connectivity index is 2.05. The molecule has 0 spiro atoms. The van der Waals surface area contributed by atoms with Gasteiger partial charge in [0.2, 0.25) is 0 Å². The van der Waals surface area contributed by atoms with Gasteiger partial charge in [-0.1, -0.05) is 10.9 Å². The molecule has 2 heterocycles. The average Bonchev–Trinajstić information content (AvgIpc) is 2.98. The van der Waals surface area contributed by atoms with Crippen molar-refractivity contribution in [2.75, 3.05) is 7.11 Å². The van der Waals surface area contributed by atoms with Gasteiger partial charge in [-0.3, -0.25) is 4.98 Å². The van der Waals surface area contributed by atoms with Gasteiger partial charge in [0, 0.05) is 6.20 Å². The summed E-state index contributed by atoms with van der Waals surface area (Å²) < 4.78 is 5.06. The lowest BCUT2D eigenvalue weighted by atomic mass is 10.3. The summed E-state index contributed by atoms with van der Waals surface area (Å²) in [6.45, 7) is 0.0660. The van der Waals surface area contributed by atoms with Gasteiger partial charge < -0.3 is 20.1 Å². The molecule has 0 aliphatic carbocycles. The van der Waals surface area contributed by atoms with E-state index >= 15 is 0 Å². The number of pyridine rings is 1. The Morgan fingerprint density at radius 2 is 2.04 bits per heavy atom. The summed E-state index contributed by atoms with van der Waals surface area (Å²) in [4.78, 5) is 20.2. The molecule has 1 N–H and O–H groups in total. The summed E-state index contributed by atoms with van der Waals surface area (Å²) >= 11 is 0. The van der Waals surface area contributed by atoms with Crippen LogP contribution >= 0.6 is 0 Å². The van der Waals surface area contributed by atoms with E-state index in [9.17, 15) is 15.3 Å². The number of benzene rings is 1. The highest BCUT2D eigenvalue weighted by Crippen LogP contribution is 2.14. The first-order valence-electron chi connectivity index (χ1n) is 7.21. The number of ether oxygens (including phenoxy) is 1. The minimum absolute atomic E-state index is 0.0660. The van der Waals surface area contributed by atoms with E-state index < -0.39 is 10.7 Å². The molecular formula is C15H14N6O4. The number of methoxy groups -OCH3 is 1. The Kier molecular flexibility index (Phi) is 4.42. The van der Waals surface area contributed by atoms with E-state index in [0.717, 1.165) is 4.80 Å². The van der Waals surface area contributed by atoms with Crippen LogP contribution in [0.15, 0.2) is 53.7 Å². The molecule has 25 heavy (non-hydrogen) atoms. The summed E-state index contributed by atoms with van der Waals surface area (Å²) in [7, 11) is 1.52. The van der Waals surface area contributed by atoms with E-state index in [-0.39, 0.29) is 12.0 Å². The molecule has 0 aliphatic heterocycles. The number of nitro groups is 1. The zero-order valence-corrected chi connectivity index (χ0v) is 13.2. The van der Waals surface area contributed by atoms with Crippen molar-refractivity contribution in [3.63, 3.8) is 0 Å². The van der Waals surface area contributed by atoms with Gasteiger partial charge in [0.1, 0.15) is 11.4 Å². The monoisotopic (exact) mass is 342 g/mol. The summed E-state index contributed by atoms with van der Waals surface area (Å²) in [5, 5.41) is 25.3. The van der Waals surface area contributed by atoms with Gasteiger partial charge in [-0.05, 0) is 46.1 Å². The predicted molar refractivity (Wildman–Crippen MR) is 85.4 cm³/mol. The normalized spacial score (nSPS) is 11.5. The van der Waals surface area contributed by atoms with Crippen molar-refractivity contribution in [1.82, 2.24) is 19.7 Å². The van der Waals surface area contributed by atoms with E-state index in [4.69, 9.17) is 4.74 Å². The van der Waals surface area contributed by atoms with Crippen molar-refractivity contribution >= 4 is 5.82 Å². The van der Waals surface area contributed by atoms with Gasteiger partial charge >= 0.3 is 5.82 Å². The maximum Gasteiger partial charge on any atom is 0.438 e. The van der Waals surface area contributed by atoms with Crippen LogP contribution in [-0.4, -0.2) is 37.0 Å². The number of hydrogen-bond acceptors (Lipinski definition) is 7. The predicted octanol–water partition coefficient (Wildman–Crippen LogP) is 1.32. The molecule has 0 bridgehead atoms. The van der Waals surface area contributed by atoms with Crippen LogP contribution in [0.4, 0.5) is 5.82 Å². The van der Waals surface area contributed by atoms with E-state index in [1.54, 1.807) is 48.7 Å². The van der Waals surface area contributed by atoms with Gasteiger partial charge in [-0.15, -0.1) is 0 Å². The van der Waals surface area contributed by atoms with Gasteiger partial charge in [0.05, 0.1) is 24.4 Å². The van der Waals surface area contributed by atoms with E-state index in [0.29, 0.717) is 22.0 Å². The molecule has 2 aromatic heterocycles. The van der Waals surface area contributed by atoms with Gasteiger partial charge in [-0.25, -0.2) is 4.99 Å². The maximum absolute atomic E-state index is 11.2. The highest BCUT2D eigenvalue weighted by atomic mass is 16.6. The fourth-order valence-corrected chi connectivity index (χ4v) is 2.14. The molecule has 3 aromatic rings. The minimum atomic E-state index is -0.704. The standard InChI is InChI=1S/C15H14N6O4/c1-25-13-7-5-12(6-8-13)19-18-15(21(23)24)14(20(19)22)17-10-11-4-2-3-9-16-11/h2-9,22H,10H2,1H3. The molecule has 0 saturated carbocycles. The third-order valence-corrected chi connectivity index (χ3v) is 3.35. The second-order valence-corrected chi connectivity index (χ2v) is 4.92. The molecule has 0 atom stereocenters. The van der Waals surface area contributed by atoms with Crippen LogP contribution in [0.3, 0.4) is 0 Å². The average molecular weight is 342 g/mol. The first-order valence-corrected chi connectivity index (χ1v) is 7.21. The topological polar surface area (TPSA) is 121 Å². The van der Waals surface area contributed by atoms with E-state index in [2.05, 4.69) is 15.1 Å². The Hall–Kier alpha value is -3.69. The molecule has 1 aromatic carbocycles. The number of rotatable bonds is 5. The molecule has 0 saturated heterocycles. The van der Waals surface area contributed by atoms with Crippen molar-refractivity contribution in [3.8, 4) is 11.4 Å². The Morgan fingerprint density at radius 1 is 1.28 bits per heavy atom. The molecule has 10 heteroatoms. The van der Waals surface area contributed by atoms with Gasteiger partial charge in [-0.2, -0.15) is 0 Å². The summed E-state index contributed by atoms with van der Waals surface area (Å²) in [6, 6.07) is 11.8. The molecule has 0 amide bonds. The second-order valence-electron chi connectivity index (χ2n) is 4.92. The van der Waals surface area contributed by atoms with E-state index in [1.807, 2.05) is 0 Å². The molecular weight excluding hydrogens is 328 g/mol. The first kappa shape index (κ1) is 16.2. The van der Waals surface area contributed by atoms with Crippen LogP contribution in [0.1, 0.15) is 5.69 Å². The van der Waals surface area contributed by atoms with Crippen LogP contribution < -0.4 is 10.2 Å². The summed E-state index contributed by atoms with van der Waals surface area (Å²) in [5.41, 5.74) is 0.742. The number of hydrogen-bond donors (Lipinski definition) is 1. The van der Waals surface area contributed by atoms with Gasteiger partial charge in [0.25, 0.3) is 5.49 Å². The molecule has 0 radical (unpaired) electrons. The second kappa shape index (κ2) is 6.83. The van der Waals surface area contributed by atoms with Crippen LogP contribution in [-0.2, 0) is 6.54 Å². The Labute approximate surface area is 141 Å². The van der Waals surface area contributed by atoms with Crippen molar-refractivity contribution in [2.24, 2.45) is 4.99 Å². The summed E-state index contributed by atoms with van der Waals surface area (Å²) in [5.74, 6) is 0.0456. The zero-order valence-electron chi connectivity index (χ0n) is 13.2. The van der Waals surface area contributed by atoms with Gasteiger partial charge in [0.15, 0.2) is 0 Å². The fourth-order valence-electron chi connectivity index (χ4n) is 2.14. The van der Waals surface area contributed by atoms with Crippen molar-refractivity contribution in [2.45, 2.75) is 6.54 Å². The SMILES string of the molecule is COc1ccc(-n2nc([N+](=O)[O-])c(=NCc3ccccn3)n2O)cc1. The highest BCUT2D eigenvalue weighted by molar-refractivity contribution is 5.36. The molecule has 0 aliphatic rings. The quantitative estimate of drug-likeness (QED) is 0.424. The Bertz CT molecular complexity index is 946. The lowest BCUT2D eigenvalue weighted by Crippen LogP contribution is -2.22. The lowest BCUT2D eigenvalue weighted by Gasteiger charge is -2.02. The third-order valence-electron chi connectivity index (χ3n) is 3.35. The zero-order chi connectivity index (χ0) is 17.8. The first-order chi connectivity index (χ1) is 12.1. The number of aromatic nitrogens is 4. The largest absolute Gasteiger partial charge is 0.497 e. The van der Waals surface area contributed by atoms with Crippen molar-refractivity contribution in [3.05, 3.63) is 70.0 Å². The number of nitrogens with zero attached hydrogens (tertiary/aromatic N) is 6. The van der Waals surface area contributed by atoms with Crippen LogP contribution in [0.2, 0.25) is 0 Å². The Morgan fingerprint density at radius 3 is 2.64 bits per heavy atom. The van der Waals surface area contributed by atoms with Crippen LogP contribution in [0.5, 0.6) is 5.75 Å². The van der Waals surface area contributed by atoms with E-state index in [1.165, 1.54) is 7.11 Å². The molecule has 3 rings (SSSR count). The fraction of sp³-hybridized carbons (Fsp3) is 0.133. The third kappa shape index (κ3) is 3.32. The minimum Gasteiger partial charge on any atom is -0.497 e. The smallest absolute Gasteiger partial charge is 0.438 e. The molecule has 0 unspecified atom stereocenters. The van der Waals surface area contributed by atoms with Crippen LogP contribution in [0, 0.1) is 10.1 Å². The molecule has 10 nitrogen and oxygen atoms in total. The van der Waals surface area contributed by atoms with Crippen molar-refractivity contribution < 1.29 is 14.9 Å². The molecule has 128 valence electrons. The summed E-state index contributed by atoms with van der Waals surface area (Å²) in [6.07, 6.45) is 1.59. The van der Waals surface area contributed by atoms with Crippen molar-refractivity contribution in [1.29, 1.82) is 0 Å². The molecule has 0 fully saturated rings. The highest BCUT2D eigenvalue weighted by Gasteiger charge is 2.23. The maximum atomic E-state index is 11.2. The lowest BCUT2D eigenvalue weighted by molar-refractivity contribution is -0.391. The van der Waals surface area contributed by atoms with Crippen LogP contribution in [0.25, 0.3) is 5.69 Å².